The summed E-state index contributed by atoms with van der Waals surface area (Å²) in [5.74, 6) is 0.522. The van der Waals surface area contributed by atoms with Crippen LogP contribution in [0.25, 0.3) is 0 Å². The van der Waals surface area contributed by atoms with Crippen molar-refractivity contribution in [3.63, 3.8) is 0 Å². The minimum Gasteiger partial charge on any atom is -0.506 e. The molecule has 1 heterocycles. The predicted molar refractivity (Wildman–Crippen MR) is 99.3 cm³/mol. The Kier molecular flexibility index (Phi) is 4.08. The van der Waals surface area contributed by atoms with Crippen LogP contribution in [0.4, 0.5) is 5.69 Å². The molecule has 4 rings (SSSR count). The minimum atomic E-state index is -0.346. The zero-order chi connectivity index (χ0) is 17.4. The van der Waals surface area contributed by atoms with Gasteiger partial charge in [-0.2, -0.15) is 0 Å². The number of aromatic hydroxyl groups is 1. The fourth-order valence-corrected chi connectivity index (χ4v) is 3.83. The highest BCUT2D eigenvalue weighted by atomic mass is 35.5. The van der Waals surface area contributed by atoms with E-state index >= 15 is 0 Å². The summed E-state index contributed by atoms with van der Waals surface area (Å²) in [6.45, 7) is 2.84. The third kappa shape index (κ3) is 2.95. The molecule has 0 spiro atoms. The molecule has 0 bridgehead atoms. The van der Waals surface area contributed by atoms with Crippen LogP contribution in [0, 0.1) is 0 Å². The summed E-state index contributed by atoms with van der Waals surface area (Å²) in [5, 5.41) is 10.7. The molecule has 2 aromatic carbocycles. The molecular weight excluding hydrogens is 336 g/mol. The normalized spacial score (nSPS) is 18.9. The van der Waals surface area contributed by atoms with Crippen LogP contribution in [0.1, 0.15) is 18.4 Å². The van der Waals surface area contributed by atoms with Gasteiger partial charge in [0.05, 0.1) is 11.1 Å². The number of benzene rings is 2. The number of carbonyl (C=O) groups is 1. The van der Waals surface area contributed by atoms with E-state index in [-0.39, 0.29) is 11.3 Å². The van der Waals surface area contributed by atoms with Gasteiger partial charge in [-0.1, -0.05) is 35.9 Å². The molecule has 1 saturated carbocycles. The van der Waals surface area contributed by atoms with Crippen molar-refractivity contribution >= 4 is 23.2 Å². The van der Waals surface area contributed by atoms with Gasteiger partial charge in [0.2, 0.25) is 5.91 Å². The van der Waals surface area contributed by atoms with Crippen LogP contribution >= 0.6 is 11.6 Å². The van der Waals surface area contributed by atoms with Crippen molar-refractivity contribution in [1.29, 1.82) is 0 Å². The molecule has 0 aromatic heterocycles. The Morgan fingerprint density at radius 2 is 1.60 bits per heavy atom. The lowest BCUT2D eigenvalue weighted by molar-refractivity contribution is -0.134. The van der Waals surface area contributed by atoms with E-state index in [4.69, 9.17) is 11.6 Å². The summed E-state index contributed by atoms with van der Waals surface area (Å²) >= 11 is 5.98. The number of carbonyl (C=O) groups excluding carboxylic acids is 1. The van der Waals surface area contributed by atoms with E-state index in [1.54, 1.807) is 6.07 Å². The van der Waals surface area contributed by atoms with E-state index < -0.39 is 0 Å². The fraction of sp³-hybridized carbons (Fsp3) is 0.350. The molecule has 130 valence electrons. The lowest BCUT2D eigenvalue weighted by atomic mass is 9.94. The Balaban J connectivity index is 1.45. The van der Waals surface area contributed by atoms with Crippen molar-refractivity contribution < 1.29 is 9.90 Å². The largest absolute Gasteiger partial charge is 0.506 e. The van der Waals surface area contributed by atoms with Gasteiger partial charge in [-0.15, -0.1) is 0 Å². The highest BCUT2D eigenvalue weighted by molar-refractivity contribution is 6.30. The Morgan fingerprint density at radius 3 is 2.20 bits per heavy atom. The lowest BCUT2D eigenvalue weighted by Gasteiger charge is -2.38. The molecule has 25 heavy (non-hydrogen) atoms. The molecule has 4 nitrogen and oxygen atoms in total. The number of halogens is 1. The third-order valence-corrected chi connectivity index (χ3v) is 5.60. The van der Waals surface area contributed by atoms with Crippen molar-refractivity contribution in [3.05, 3.63) is 59.1 Å². The van der Waals surface area contributed by atoms with E-state index in [2.05, 4.69) is 4.90 Å². The average molecular weight is 357 g/mol. The number of amides is 1. The van der Waals surface area contributed by atoms with E-state index in [9.17, 15) is 9.90 Å². The van der Waals surface area contributed by atoms with E-state index in [0.29, 0.717) is 23.9 Å². The van der Waals surface area contributed by atoms with Crippen molar-refractivity contribution in [2.24, 2.45) is 0 Å². The molecule has 0 atom stereocenters. The molecule has 2 fully saturated rings. The fourth-order valence-electron chi connectivity index (χ4n) is 3.70. The first kappa shape index (κ1) is 16.3. The minimum absolute atomic E-state index is 0.228. The van der Waals surface area contributed by atoms with Crippen LogP contribution in [0.15, 0.2) is 48.5 Å². The van der Waals surface area contributed by atoms with Gasteiger partial charge >= 0.3 is 0 Å². The number of hydrogen-bond acceptors (Lipinski definition) is 3. The van der Waals surface area contributed by atoms with Crippen LogP contribution in [0.3, 0.4) is 0 Å². The van der Waals surface area contributed by atoms with Gasteiger partial charge in [0, 0.05) is 31.2 Å². The number of hydrogen-bond donors (Lipinski definition) is 1. The molecule has 2 aliphatic rings. The molecular formula is C20H21ClN2O2. The standard InChI is InChI=1S/C20H21ClN2O2/c21-16-7-5-15(6-8-16)20(9-10-20)19(25)23-13-11-22(12-14-23)17-3-1-2-4-18(17)24/h1-8,24H,9-14H2. The number of piperazine rings is 1. The Labute approximate surface area is 152 Å². The summed E-state index contributed by atoms with van der Waals surface area (Å²) in [6, 6.07) is 15.0. The van der Waals surface area contributed by atoms with Crippen molar-refractivity contribution in [2.45, 2.75) is 18.3 Å². The number of phenolic OH excluding ortho intramolecular Hbond substituents is 1. The second-order valence-electron chi connectivity index (χ2n) is 6.86. The number of rotatable bonds is 3. The highest BCUT2D eigenvalue weighted by Gasteiger charge is 2.53. The first-order valence-corrected chi connectivity index (χ1v) is 9.06. The second kappa shape index (κ2) is 6.26. The number of para-hydroxylation sites is 2. The summed E-state index contributed by atoms with van der Waals surface area (Å²) < 4.78 is 0. The molecule has 0 unspecified atom stereocenters. The summed E-state index contributed by atoms with van der Waals surface area (Å²) in [4.78, 5) is 17.2. The van der Waals surface area contributed by atoms with Crippen LogP contribution in [-0.4, -0.2) is 42.1 Å². The first-order chi connectivity index (χ1) is 12.1. The van der Waals surface area contributed by atoms with Crippen molar-refractivity contribution in [2.75, 3.05) is 31.1 Å². The second-order valence-corrected chi connectivity index (χ2v) is 7.29. The summed E-state index contributed by atoms with van der Waals surface area (Å²) in [6.07, 6.45) is 1.82. The van der Waals surface area contributed by atoms with E-state index in [1.165, 1.54) is 0 Å². The van der Waals surface area contributed by atoms with Gasteiger partial charge in [-0.25, -0.2) is 0 Å². The molecule has 5 heteroatoms. The molecule has 1 saturated heterocycles. The lowest BCUT2D eigenvalue weighted by Crippen LogP contribution is -2.51. The van der Waals surface area contributed by atoms with Gasteiger partial charge in [0.15, 0.2) is 0 Å². The third-order valence-electron chi connectivity index (χ3n) is 5.35. The number of nitrogens with zero attached hydrogens (tertiary/aromatic N) is 2. The van der Waals surface area contributed by atoms with Crippen LogP contribution in [0.5, 0.6) is 5.75 Å². The van der Waals surface area contributed by atoms with Gasteiger partial charge < -0.3 is 14.9 Å². The topological polar surface area (TPSA) is 43.8 Å². The maximum Gasteiger partial charge on any atom is 0.233 e. The summed E-state index contributed by atoms with van der Waals surface area (Å²) in [5.41, 5.74) is 1.57. The predicted octanol–water partition coefficient (Wildman–Crippen LogP) is 3.43. The molecule has 0 radical (unpaired) electrons. The summed E-state index contributed by atoms with van der Waals surface area (Å²) in [7, 11) is 0. The molecule has 1 aliphatic carbocycles. The van der Waals surface area contributed by atoms with Gasteiger partial charge in [0.1, 0.15) is 5.75 Å². The smallest absolute Gasteiger partial charge is 0.233 e. The van der Waals surface area contributed by atoms with Crippen LogP contribution in [-0.2, 0) is 10.2 Å². The Hall–Kier alpha value is -2.20. The van der Waals surface area contributed by atoms with Gasteiger partial charge in [-0.3, -0.25) is 4.79 Å². The van der Waals surface area contributed by atoms with Crippen LogP contribution < -0.4 is 4.90 Å². The van der Waals surface area contributed by atoms with Crippen molar-refractivity contribution in [1.82, 2.24) is 4.90 Å². The first-order valence-electron chi connectivity index (χ1n) is 8.68. The Morgan fingerprint density at radius 1 is 0.960 bits per heavy atom. The number of phenols is 1. The maximum absolute atomic E-state index is 13.1. The SMILES string of the molecule is O=C(N1CCN(c2ccccc2O)CC1)C1(c2ccc(Cl)cc2)CC1. The van der Waals surface area contributed by atoms with Gasteiger partial charge in [0.25, 0.3) is 0 Å². The van der Waals surface area contributed by atoms with E-state index in [1.807, 2.05) is 47.4 Å². The zero-order valence-corrected chi connectivity index (χ0v) is 14.7. The molecule has 2 aromatic rings. The molecule has 1 amide bonds. The van der Waals surface area contributed by atoms with Crippen molar-refractivity contribution in [3.8, 4) is 5.75 Å². The molecule has 1 aliphatic heterocycles. The monoisotopic (exact) mass is 356 g/mol. The highest BCUT2D eigenvalue weighted by Crippen LogP contribution is 2.50. The molecule has 1 N–H and O–H groups in total. The zero-order valence-electron chi connectivity index (χ0n) is 14.0. The number of anilines is 1. The van der Waals surface area contributed by atoms with E-state index in [0.717, 1.165) is 37.2 Å². The van der Waals surface area contributed by atoms with Gasteiger partial charge in [-0.05, 0) is 42.7 Å². The average Bonchev–Trinajstić information content (AvgIpc) is 3.44. The maximum atomic E-state index is 13.1. The Bertz CT molecular complexity index is 779. The van der Waals surface area contributed by atoms with Crippen LogP contribution in [0.2, 0.25) is 5.02 Å². The quantitative estimate of drug-likeness (QED) is 0.916.